The molecule has 1 fully saturated rings. The maximum Gasteiger partial charge on any atom is 0.328 e. The molecule has 112 valence electrons. The third-order valence-corrected chi connectivity index (χ3v) is 3.87. The maximum atomic E-state index is 12.4. The molecule has 0 atom stereocenters. The van der Waals surface area contributed by atoms with Gasteiger partial charge in [0.15, 0.2) is 0 Å². The number of amides is 1. The molecule has 0 radical (unpaired) electrons. The van der Waals surface area contributed by atoms with Gasteiger partial charge in [-0.3, -0.25) is 4.79 Å². The van der Waals surface area contributed by atoms with E-state index in [0.717, 1.165) is 32.0 Å². The van der Waals surface area contributed by atoms with Gasteiger partial charge >= 0.3 is 5.97 Å². The number of nitrogens with zero attached hydrogens (tertiary/aromatic N) is 1. The number of hydrogen-bond donors (Lipinski definition) is 1. The predicted octanol–water partition coefficient (Wildman–Crippen LogP) is 3.45. The van der Waals surface area contributed by atoms with E-state index in [0.29, 0.717) is 16.1 Å². The summed E-state index contributed by atoms with van der Waals surface area (Å²) >= 11 is 6.11. The highest BCUT2D eigenvalue weighted by Crippen LogP contribution is 2.21. The predicted molar refractivity (Wildman–Crippen MR) is 82.5 cm³/mol. The standard InChI is InChI=1S/C16H18ClNO3/c17-14-11-13(6-5-12(14)7-8-15(19)20)16(21)18-9-3-1-2-4-10-18/h5-8,11H,1-4,9-10H2,(H,19,20)/b8-7+. The minimum Gasteiger partial charge on any atom is -0.478 e. The molecule has 1 aromatic carbocycles. The molecule has 21 heavy (non-hydrogen) atoms. The van der Waals surface area contributed by atoms with E-state index >= 15 is 0 Å². The van der Waals surface area contributed by atoms with Crippen LogP contribution in [0.2, 0.25) is 5.02 Å². The Kier molecular flexibility index (Phi) is 5.39. The van der Waals surface area contributed by atoms with Gasteiger partial charge in [-0.05, 0) is 36.6 Å². The summed E-state index contributed by atoms with van der Waals surface area (Å²) in [5.41, 5.74) is 1.14. The zero-order chi connectivity index (χ0) is 15.2. The first-order chi connectivity index (χ1) is 10.1. The van der Waals surface area contributed by atoms with Crippen molar-refractivity contribution in [1.29, 1.82) is 0 Å². The van der Waals surface area contributed by atoms with Gasteiger partial charge in [0.2, 0.25) is 0 Å². The lowest BCUT2D eigenvalue weighted by atomic mass is 10.1. The molecule has 1 aromatic rings. The topological polar surface area (TPSA) is 57.6 Å². The number of likely N-dealkylation sites (tertiary alicyclic amines) is 1. The fraction of sp³-hybridized carbons (Fsp3) is 0.375. The molecular formula is C16H18ClNO3. The Hall–Kier alpha value is -1.81. The van der Waals surface area contributed by atoms with Crippen LogP contribution >= 0.6 is 11.6 Å². The molecule has 0 aliphatic carbocycles. The number of carbonyl (C=O) groups is 2. The summed E-state index contributed by atoms with van der Waals surface area (Å²) < 4.78 is 0. The first kappa shape index (κ1) is 15.6. The maximum absolute atomic E-state index is 12.4. The van der Waals surface area contributed by atoms with Crippen LogP contribution in [0.1, 0.15) is 41.6 Å². The molecule has 2 rings (SSSR count). The number of aliphatic carboxylic acids is 1. The monoisotopic (exact) mass is 307 g/mol. The quantitative estimate of drug-likeness (QED) is 0.870. The van der Waals surface area contributed by atoms with Gasteiger partial charge in [0, 0.05) is 29.8 Å². The molecule has 1 aliphatic heterocycles. The van der Waals surface area contributed by atoms with Gasteiger partial charge < -0.3 is 10.0 Å². The highest BCUT2D eigenvalue weighted by atomic mass is 35.5. The van der Waals surface area contributed by atoms with E-state index in [1.807, 2.05) is 4.90 Å². The Labute approximate surface area is 129 Å². The first-order valence-corrected chi connectivity index (χ1v) is 7.45. The summed E-state index contributed by atoms with van der Waals surface area (Å²) in [7, 11) is 0. The van der Waals surface area contributed by atoms with Gasteiger partial charge in [-0.1, -0.05) is 30.5 Å². The zero-order valence-corrected chi connectivity index (χ0v) is 12.5. The van der Waals surface area contributed by atoms with Crippen LogP contribution in [-0.4, -0.2) is 35.0 Å². The van der Waals surface area contributed by atoms with Crippen molar-refractivity contribution in [2.24, 2.45) is 0 Å². The lowest BCUT2D eigenvalue weighted by molar-refractivity contribution is -0.131. The molecule has 1 saturated heterocycles. The van der Waals surface area contributed by atoms with Crippen molar-refractivity contribution < 1.29 is 14.7 Å². The number of carbonyl (C=O) groups excluding carboxylic acids is 1. The van der Waals surface area contributed by atoms with Crippen LogP contribution in [0.15, 0.2) is 24.3 Å². The van der Waals surface area contributed by atoms with Crippen molar-refractivity contribution in [3.05, 3.63) is 40.4 Å². The van der Waals surface area contributed by atoms with Crippen LogP contribution in [0.4, 0.5) is 0 Å². The van der Waals surface area contributed by atoms with E-state index < -0.39 is 5.97 Å². The summed E-state index contributed by atoms with van der Waals surface area (Å²) in [4.78, 5) is 24.8. The first-order valence-electron chi connectivity index (χ1n) is 7.08. The minimum absolute atomic E-state index is 0.00689. The SMILES string of the molecule is O=C(O)/C=C/c1ccc(C(=O)N2CCCCCC2)cc1Cl. The molecule has 1 N–H and O–H groups in total. The van der Waals surface area contributed by atoms with E-state index in [1.54, 1.807) is 18.2 Å². The second-order valence-electron chi connectivity index (χ2n) is 5.11. The number of hydrogen-bond acceptors (Lipinski definition) is 2. The fourth-order valence-electron chi connectivity index (χ4n) is 2.41. The van der Waals surface area contributed by atoms with Gasteiger partial charge in [0.05, 0.1) is 0 Å². The second-order valence-corrected chi connectivity index (χ2v) is 5.52. The van der Waals surface area contributed by atoms with Gasteiger partial charge in [-0.15, -0.1) is 0 Å². The van der Waals surface area contributed by atoms with E-state index in [1.165, 1.54) is 18.9 Å². The van der Waals surface area contributed by atoms with E-state index in [4.69, 9.17) is 16.7 Å². The molecule has 0 saturated carbocycles. The average Bonchev–Trinajstić information content (AvgIpc) is 2.74. The molecule has 5 heteroatoms. The van der Waals surface area contributed by atoms with Gasteiger partial charge in [0.25, 0.3) is 5.91 Å². The molecule has 0 aromatic heterocycles. The number of rotatable bonds is 3. The Morgan fingerprint density at radius 3 is 2.38 bits per heavy atom. The summed E-state index contributed by atoms with van der Waals surface area (Å²) in [6, 6.07) is 4.98. The highest BCUT2D eigenvalue weighted by molar-refractivity contribution is 6.32. The normalized spacial score (nSPS) is 16.0. The summed E-state index contributed by atoms with van der Waals surface area (Å²) in [6.07, 6.45) is 6.87. The van der Waals surface area contributed by atoms with E-state index in [-0.39, 0.29) is 5.91 Å². The summed E-state index contributed by atoms with van der Waals surface area (Å²) in [6.45, 7) is 1.58. The number of carboxylic acid groups (broad SMARTS) is 1. The van der Waals surface area contributed by atoms with Crippen molar-refractivity contribution in [2.75, 3.05) is 13.1 Å². The third-order valence-electron chi connectivity index (χ3n) is 3.55. The molecule has 1 amide bonds. The lowest BCUT2D eigenvalue weighted by Crippen LogP contribution is -2.31. The summed E-state index contributed by atoms with van der Waals surface area (Å²) in [5, 5.41) is 9.00. The lowest BCUT2D eigenvalue weighted by Gasteiger charge is -2.20. The van der Waals surface area contributed by atoms with Gasteiger partial charge in [-0.25, -0.2) is 4.79 Å². The molecule has 1 aliphatic rings. The second kappa shape index (κ2) is 7.27. The Morgan fingerprint density at radius 2 is 1.81 bits per heavy atom. The van der Waals surface area contributed by atoms with Crippen molar-refractivity contribution in [3.8, 4) is 0 Å². The molecule has 0 spiro atoms. The molecular weight excluding hydrogens is 290 g/mol. The van der Waals surface area contributed by atoms with Crippen molar-refractivity contribution in [1.82, 2.24) is 4.90 Å². The summed E-state index contributed by atoms with van der Waals surface area (Å²) in [5.74, 6) is -1.04. The van der Waals surface area contributed by atoms with Crippen molar-refractivity contribution in [3.63, 3.8) is 0 Å². The molecule has 0 unspecified atom stereocenters. The molecule has 4 nitrogen and oxygen atoms in total. The van der Waals surface area contributed by atoms with Crippen LogP contribution in [0.3, 0.4) is 0 Å². The smallest absolute Gasteiger partial charge is 0.328 e. The van der Waals surface area contributed by atoms with Gasteiger partial charge in [0.1, 0.15) is 0 Å². The number of benzene rings is 1. The number of carboxylic acids is 1. The third kappa shape index (κ3) is 4.33. The van der Waals surface area contributed by atoms with Gasteiger partial charge in [-0.2, -0.15) is 0 Å². The Balaban J connectivity index is 2.15. The van der Waals surface area contributed by atoms with Crippen LogP contribution in [-0.2, 0) is 4.79 Å². The van der Waals surface area contributed by atoms with E-state index in [2.05, 4.69) is 0 Å². The van der Waals surface area contributed by atoms with Crippen molar-refractivity contribution >= 4 is 29.6 Å². The van der Waals surface area contributed by atoms with Crippen LogP contribution in [0, 0.1) is 0 Å². The van der Waals surface area contributed by atoms with E-state index in [9.17, 15) is 9.59 Å². The largest absolute Gasteiger partial charge is 0.478 e. The fourth-order valence-corrected chi connectivity index (χ4v) is 2.66. The van der Waals surface area contributed by atoms with Crippen LogP contribution in [0.25, 0.3) is 6.08 Å². The Morgan fingerprint density at radius 1 is 1.14 bits per heavy atom. The number of halogens is 1. The average molecular weight is 308 g/mol. The highest BCUT2D eigenvalue weighted by Gasteiger charge is 2.17. The van der Waals surface area contributed by atoms with Crippen LogP contribution < -0.4 is 0 Å². The molecule has 1 heterocycles. The zero-order valence-electron chi connectivity index (χ0n) is 11.7. The Bertz CT molecular complexity index is 561. The van der Waals surface area contributed by atoms with Crippen molar-refractivity contribution in [2.45, 2.75) is 25.7 Å². The minimum atomic E-state index is -1.03. The molecule has 0 bridgehead atoms. The van der Waals surface area contributed by atoms with Crippen LogP contribution in [0.5, 0.6) is 0 Å².